The third kappa shape index (κ3) is 3.74. The Morgan fingerprint density at radius 1 is 0.727 bits per heavy atom. The number of anilines is 2. The summed E-state index contributed by atoms with van der Waals surface area (Å²) in [6, 6.07) is 25.7. The van der Waals surface area contributed by atoms with Crippen molar-refractivity contribution in [1.82, 2.24) is 0 Å². The minimum atomic E-state index is 0.702. The molecular weight excluding hydrogens is 292 g/mol. The lowest BCUT2D eigenvalue weighted by Crippen LogP contribution is -1.88. The van der Waals surface area contributed by atoms with Crippen LogP contribution in [0.5, 0.6) is 0 Å². The van der Waals surface area contributed by atoms with E-state index in [4.69, 9.17) is 11.6 Å². The molecule has 0 saturated carbocycles. The van der Waals surface area contributed by atoms with Crippen LogP contribution >= 0.6 is 11.6 Å². The molecule has 0 unspecified atom stereocenters. The lowest BCUT2D eigenvalue weighted by atomic mass is 10.2. The molecule has 0 aliphatic carbocycles. The van der Waals surface area contributed by atoms with Gasteiger partial charge in [0.1, 0.15) is 0 Å². The summed E-state index contributed by atoms with van der Waals surface area (Å²) >= 11 is 6.10. The van der Waals surface area contributed by atoms with E-state index in [9.17, 15) is 0 Å². The average molecular weight is 307 g/mol. The van der Waals surface area contributed by atoms with Gasteiger partial charge in [0, 0.05) is 28.2 Å². The average Bonchev–Trinajstić information content (AvgIpc) is 2.56. The fourth-order valence-electron chi connectivity index (χ4n) is 2.04. The zero-order valence-electron chi connectivity index (χ0n) is 11.9. The molecule has 0 aliphatic rings. The van der Waals surface area contributed by atoms with E-state index in [2.05, 4.69) is 10.3 Å². The molecule has 0 radical (unpaired) electrons. The van der Waals surface area contributed by atoms with Crippen molar-refractivity contribution in [3.05, 3.63) is 89.4 Å². The fraction of sp³-hybridized carbons (Fsp3) is 0. The van der Waals surface area contributed by atoms with Crippen LogP contribution in [0.15, 0.2) is 83.9 Å². The Kier molecular flexibility index (Phi) is 4.52. The molecule has 3 rings (SSSR count). The van der Waals surface area contributed by atoms with Crippen molar-refractivity contribution in [3.8, 4) is 0 Å². The van der Waals surface area contributed by atoms with Crippen LogP contribution in [0.25, 0.3) is 0 Å². The van der Waals surface area contributed by atoms with E-state index in [1.165, 1.54) is 0 Å². The summed E-state index contributed by atoms with van der Waals surface area (Å²) in [5.74, 6) is 0. The Morgan fingerprint density at radius 3 is 2.09 bits per heavy atom. The largest absolute Gasteiger partial charge is 0.356 e. The normalized spacial score (nSPS) is 10.8. The first kappa shape index (κ1) is 14.4. The Bertz CT molecular complexity index is 765. The number of hydrogen-bond donors (Lipinski definition) is 1. The molecular formula is C19H15ClN2. The number of para-hydroxylation sites is 1. The first-order valence-corrected chi connectivity index (χ1v) is 7.40. The lowest BCUT2D eigenvalue weighted by Gasteiger charge is -2.06. The number of benzene rings is 3. The summed E-state index contributed by atoms with van der Waals surface area (Å²) in [5, 5.41) is 4.04. The van der Waals surface area contributed by atoms with Gasteiger partial charge < -0.3 is 5.32 Å². The third-order valence-electron chi connectivity index (χ3n) is 3.19. The van der Waals surface area contributed by atoms with Crippen molar-refractivity contribution in [2.75, 3.05) is 5.32 Å². The Balaban J connectivity index is 1.71. The maximum Gasteiger partial charge on any atom is 0.0631 e. The van der Waals surface area contributed by atoms with Crippen molar-refractivity contribution in [3.63, 3.8) is 0 Å². The Labute approximate surface area is 135 Å². The second-order valence-electron chi connectivity index (χ2n) is 4.82. The molecule has 3 heteroatoms. The van der Waals surface area contributed by atoms with E-state index in [1.807, 2.05) is 78.9 Å². The minimum absolute atomic E-state index is 0.702. The molecule has 0 fully saturated rings. The molecule has 0 aromatic heterocycles. The van der Waals surface area contributed by atoms with E-state index in [-0.39, 0.29) is 0 Å². The van der Waals surface area contributed by atoms with Gasteiger partial charge in [-0.2, -0.15) is 0 Å². The van der Waals surface area contributed by atoms with Gasteiger partial charge in [0.2, 0.25) is 0 Å². The summed E-state index contributed by atoms with van der Waals surface area (Å²) in [7, 11) is 0. The van der Waals surface area contributed by atoms with E-state index in [0.717, 1.165) is 22.6 Å². The number of halogens is 1. The van der Waals surface area contributed by atoms with Gasteiger partial charge >= 0.3 is 0 Å². The number of hydrogen-bond acceptors (Lipinski definition) is 2. The lowest BCUT2D eigenvalue weighted by molar-refractivity contribution is 1.50. The third-order valence-corrected chi connectivity index (χ3v) is 3.53. The Morgan fingerprint density at radius 2 is 1.36 bits per heavy atom. The van der Waals surface area contributed by atoms with Crippen LogP contribution in [0.2, 0.25) is 5.02 Å². The van der Waals surface area contributed by atoms with Gasteiger partial charge in [-0.25, -0.2) is 0 Å². The molecule has 0 aliphatic heterocycles. The van der Waals surface area contributed by atoms with Crippen LogP contribution in [0.3, 0.4) is 0 Å². The van der Waals surface area contributed by atoms with Crippen molar-refractivity contribution >= 4 is 34.9 Å². The maximum atomic E-state index is 6.10. The van der Waals surface area contributed by atoms with Crippen LogP contribution in [0, 0.1) is 0 Å². The minimum Gasteiger partial charge on any atom is -0.356 e. The molecule has 0 bridgehead atoms. The van der Waals surface area contributed by atoms with Crippen molar-refractivity contribution in [2.24, 2.45) is 4.99 Å². The SMILES string of the molecule is Clc1ccccc1C=Nc1ccc(Nc2ccccc2)cc1. The molecule has 0 spiro atoms. The molecule has 0 heterocycles. The smallest absolute Gasteiger partial charge is 0.0631 e. The number of rotatable bonds is 4. The van der Waals surface area contributed by atoms with E-state index in [1.54, 1.807) is 6.21 Å². The van der Waals surface area contributed by atoms with Gasteiger partial charge in [0.05, 0.1) is 5.69 Å². The highest BCUT2D eigenvalue weighted by atomic mass is 35.5. The highest BCUT2D eigenvalue weighted by Gasteiger charge is 1.96. The highest BCUT2D eigenvalue weighted by molar-refractivity contribution is 6.33. The molecule has 0 saturated heterocycles. The molecule has 2 nitrogen and oxygen atoms in total. The quantitative estimate of drug-likeness (QED) is 0.602. The van der Waals surface area contributed by atoms with Crippen molar-refractivity contribution in [2.45, 2.75) is 0 Å². The topological polar surface area (TPSA) is 24.4 Å². The summed E-state index contributed by atoms with van der Waals surface area (Å²) in [6.45, 7) is 0. The molecule has 3 aromatic rings. The number of nitrogens with one attached hydrogen (secondary N) is 1. The van der Waals surface area contributed by atoms with Crippen LogP contribution in [0.1, 0.15) is 5.56 Å². The second kappa shape index (κ2) is 6.92. The van der Waals surface area contributed by atoms with Crippen molar-refractivity contribution < 1.29 is 0 Å². The van der Waals surface area contributed by atoms with Crippen LogP contribution < -0.4 is 5.32 Å². The molecule has 22 heavy (non-hydrogen) atoms. The molecule has 0 amide bonds. The summed E-state index contributed by atoms with van der Waals surface area (Å²) in [4.78, 5) is 4.45. The summed E-state index contributed by atoms with van der Waals surface area (Å²) in [5.41, 5.74) is 3.90. The van der Waals surface area contributed by atoms with Gasteiger partial charge in [-0.3, -0.25) is 4.99 Å². The number of nitrogens with zero attached hydrogens (tertiary/aromatic N) is 1. The van der Waals surface area contributed by atoms with E-state index >= 15 is 0 Å². The van der Waals surface area contributed by atoms with Gasteiger partial charge in [0.25, 0.3) is 0 Å². The predicted octanol–water partition coefficient (Wildman–Crippen LogP) is 5.83. The summed E-state index contributed by atoms with van der Waals surface area (Å²) < 4.78 is 0. The van der Waals surface area contributed by atoms with Crippen LogP contribution in [-0.4, -0.2) is 6.21 Å². The van der Waals surface area contributed by atoms with Gasteiger partial charge in [-0.15, -0.1) is 0 Å². The maximum absolute atomic E-state index is 6.10. The zero-order valence-corrected chi connectivity index (χ0v) is 12.7. The van der Waals surface area contributed by atoms with Crippen molar-refractivity contribution in [1.29, 1.82) is 0 Å². The second-order valence-corrected chi connectivity index (χ2v) is 5.22. The van der Waals surface area contributed by atoms with E-state index < -0.39 is 0 Å². The van der Waals surface area contributed by atoms with Crippen LogP contribution in [-0.2, 0) is 0 Å². The monoisotopic (exact) mass is 306 g/mol. The first-order chi connectivity index (χ1) is 10.8. The Hall–Kier alpha value is -2.58. The molecule has 1 N–H and O–H groups in total. The van der Waals surface area contributed by atoms with Gasteiger partial charge in [-0.1, -0.05) is 48.0 Å². The fourth-order valence-corrected chi connectivity index (χ4v) is 2.23. The molecule has 0 atom stereocenters. The molecule has 108 valence electrons. The highest BCUT2D eigenvalue weighted by Crippen LogP contribution is 2.21. The number of aliphatic imine (C=N–C) groups is 1. The summed E-state index contributed by atoms with van der Waals surface area (Å²) in [6.07, 6.45) is 1.78. The predicted molar refractivity (Wildman–Crippen MR) is 94.9 cm³/mol. The zero-order chi connectivity index (χ0) is 15.2. The standard InChI is InChI=1S/C19H15ClN2/c20-19-9-5-4-6-15(19)14-21-16-10-12-18(13-11-16)22-17-7-2-1-3-8-17/h1-14,22H. The van der Waals surface area contributed by atoms with Gasteiger partial charge in [0.15, 0.2) is 0 Å². The first-order valence-electron chi connectivity index (χ1n) is 7.02. The van der Waals surface area contributed by atoms with Crippen LogP contribution in [0.4, 0.5) is 17.1 Å². The van der Waals surface area contributed by atoms with E-state index in [0.29, 0.717) is 5.02 Å². The molecule has 3 aromatic carbocycles. The van der Waals surface area contributed by atoms with Gasteiger partial charge in [-0.05, 0) is 42.5 Å².